The fourth-order valence-electron chi connectivity index (χ4n) is 7.55. The average Bonchev–Trinajstić information content (AvgIpc) is 2.87. The van der Waals surface area contributed by atoms with E-state index in [1.807, 2.05) is 19.9 Å². The van der Waals surface area contributed by atoms with Gasteiger partial charge >= 0.3 is 0 Å². The molecule has 0 aliphatic heterocycles. The summed E-state index contributed by atoms with van der Waals surface area (Å²) in [4.78, 5) is 11.9. The molecular weight excluding hydrogens is 348 g/mol. The van der Waals surface area contributed by atoms with Gasteiger partial charge in [0.25, 0.3) is 0 Å². The molecular formula is C21H32O6. The van der Waals surface area contributed by atoms with Crippen LogP contribution in [0.1, 0.15) is 46.0 Å². The minimum atomic E-state index is -1.44. The first-order valence-electron chi connectivity index (χ1n) is 10.2. The van der Waals surface area contributed by atoms with E-state index in [4.69, 9.17) is 0 Å². The molecule has 0 bridgehead atoms. The SMILES string of the molecule is C[C@]12C=CC(=O)CC1[C@H](O)C[C@@H]1[C@@H]2[C@@H](O)C[C@@]2(C)[C@H]1CC[C@]2(O)[C@H](O)CO. The van der Waals surface area contributed by atoms with Crippen molar-refractivity contribution in [2.45, 2.75) is 69.9 Å². The molecule has 0 aromatic carbocycles. The second-order valence-electron chi connectivity index (χ2n) is 9.93. The molecule has 4 rings (SSSR count). The molecule has 27 heavy (non-hydrogen) atoms. The van der Waals surface area contributed by atoms with Crippen molar-refractivity contribution < 1.29 is 30.3 Å². The first-order chi connectivity index (χ1) is 12.6. The predicted octanol–water partition coefficient (Wildman–Crippen LogP) is 0.400. The Labute approximate surface area is 159 Å². The maximum Gasteiger partial charge on any atom is 0.155 e. The number of hydrogen-bond donors (Lipinski definition) is 5. The van der Waals surface area contributed by atoms with E-state index >= 15 is 0 Å². The van der Waals surface area contributed by atoms with Crippen molar-refractivity contribution in [3.8, 4) is 0 Å². The van der Waals surface area contributed by atoms with Gasteiger partial charge in [0.15, 0.2) is 5.78 Å². The zero-order valence-corrected chi connectivity index (χ0v) is 16.1. The van der Waals surface area contributed by atoms with Gasteiger partial charge in [0.2, 0.25) is 0 Å². The Hall–Kier alpha value is -0.790. The zero-order valence-electron chi connectivity index (χ0n) is 16.1. The minimum Gasteiger partial charge on any atom is -0.394 e. The monoisotopic (exact) mass is 380 g/mol. The maximum atomic E-state index is 11.9. The molecule has 6 heteroatoms. The van der Waals surface area contributed by atoms with Crippen molar-refractivity contribution in [1.82, 2.24) is 0 Å². The van der Waals surface area contributed by atoms with Crippen LogP contribution in [0.2, 0.25) is 0 Å². The number of hydrogen-bond acceptors (Lipinski definition) is 6. The Morgan fingerprint density at radius 1 is 1.22 bits per heavy atom. The van der Waals surface area contributed by atoms with E-state index in [1.54, 1.807) is 6.08 Å². The molecule has 1 unspecified atom stereocenters. The fourth-order valence-corrected chi connectivity index (χ4v) is 7.55. The van der Waals surface area contributed by atoms with Gasteiger partial charge in [-0.2, -0.15) is 0 Å². The Kier molecular flexibility index (Phi) is 4.41. The lowest BCUT2D eigenvalue weighted by atomic mass is 9.44. The third-order valence-corrected chi connectivity index (χ3v) is 8.94. The van der Waals surface area contributed by atoms with Crippen LogP contribution >= 0.6 is 0 Å². The Morgan fingerprint density at radius 2 is 1.93 bits per heavy atom. The van der Waals surface area contributed by atoms with E-state index in [1.165, 1.54) is 0 Å². The van der Waals surface area contributed by atoms with Crippen LogP contribution in [-0.2, 0) is 4.79 Å². The molecule has 5 N–H and O–H groups in total. The Morgan fingerprint density at radius 3 is 2.59 bits per heavy atom. The normalized spacial score (nSPS) is 55.6. The highest BCUT2D eigenvalue weighted by Gasteiger charge is 2.69. The molecule has 152 valence electrons. The van der Waals surface area contributed by atoms with Crippen LogP contribution in [0, 0.1) is 34.5 Å². The molecule has 4 aliphatic carbocycles. The maximum absolute atomic E-state index is 11.9. The van der Waals surface area contributed by atoms with Crippen molar-refractivity contribution in [1.29, 1.82) is 0 Å². The van der Waals surface area contributed by atoms with E-state index in [-0.39, 0.29) is 29.5 Å². The van der Waals surface area contributed by atoms with Crippen LogP contribution in [0.15, 0.2) is 12.2 Å². The second kappa shape index (κ2) is 6.10. The highest BCUT2D eigenvalue weighted by Crippen LogP contribution is 2.67. The lowest BCUT2D eigenvalue weighted by Crippen LogP contribution is -2.65. The van der Waals surface area contributed by atoms with Gasteiger partial charge in [-0.3, -0.25) is 4.79 Å². The molecule has 0 radical (unpaired) electrons. The molecule has 0 amide bonds. The quantitative estimate of drug-likeness (QED) is 0.473. The second-order valence-corrected chi connectivity index (χ2v) is 9.93. The van der Waals surface area contributed by atoms with Crippen LogP contribution in [0.4, 0.5) is 0 Å². The first-order valence-corrected chi connectivity index (χ1v) is 10.2. The zero-order chi connectivity index (χ0) is 19.8. The summed E-state index contributed by atoms with van der Waals surface area (Å²) >= 11 is 0. The highest BCUT2D eigenvalue weighted by molar-refractivity contribution is 5.91. The van der Waals surface area contributed by atoms with Gasteiger partial charge in [0.1, 0.15) is 6.10 Å². The topological polar surface area (TPSA) is 118 Å². The van der Waals surface area contributed by atoms with Gasteiger partial charge in [-0.25, -0.2) is 0 Å². The highest BCUT2D eigenvalue weighted by atomic mass is 16.4. The number of aliphatic hydroxyl groups is 5. The number of carbonyl (C=O) groups is 1. The lowest BCUT2D eigenvalue weighted by Gasteiger charge is -2.62. The molecule has 3 saturated carbocycles. The van der Waals surface area contributed by atoms with Crippen LogP contribution in [0.25, 0.3) is 0 Å². The van der Waals surface area contributed by atoms with Gasteiger partial charge in [-0.1, -0.05) is 19.9 Å². The summed E-state index contributed by atoms with van der Waals surface area (Å²) in [6, 6.07) is 0. The van der Waals surface area contributed by atoms with E-state index in [0.29, 0.717) is 32.1 Å². The number of ketones is 1. The molecule has 0 saturated heterocycles. The molecule has 0 aromatic heterocycles. The van der Waals surface area contributed by atoms with Crippen LogP contribution < -0.4 is 0 Å². The number of fused-ring (bicyclic) bond motifs is 5. The minimum absolute atomic E-state index is 0.00669. The van der Waals surface area contributed by atoms with Gasteiger partial charge < -0.3 is 25.5 Å². The number of allylic oxidation sites excluding steroid dienone is 2. The third kappa shape index (κ3) is 2.40. The molecule has 0 aromatic rings. The van der Waals surface area contributed by atoms with Crippen LogP contribution in [0.3, 0.4) is 0 Å². The molecule has 0 heterocycles. The average molecular weight is 380 g/mol. The Bertz CT molecular complexity index is 663. The van der Waals surface area contributed by atoms with Crippen molar-refractivity contribution in [3.63, 3.8) is 0 Å². The Balaban J connectivity index is 1.75. The predicted molar refractivity (Wildman–Crippen MR) is 97.5 cm³/mol. The van der Waals surface area contributed by atoms with Crippen LogP contribution in [-0.4, -0.2) is 61.8 Å². The number of aliphatic hydroxyl groups excluding tert-OH is 4. The van der Waals surface area contributed by atoms with E-state index in [0.717, 1.165) is 0 Å². The van der Waals surface area contributed by atoms with Gasteiger partial charge in [0, 0.05) is 17.8 Å². The van der Waals surface area contributed by atoms with E-state index < -0.39 is 41.3 Å². The summed E-state index contributed by atoms with van der Waals surface area (Å²) in [6.07, 6.45) is 3.09. The van der Waals surface area contributed by atoms with Crippen molar-refractivity contribution in [2.24, 2.45) is 34.5 Å². The molecule has 0 spiro atoms. The lowest BCUT2D eigenvalue weighted by molar-refractivity contribution is -0.223. The van der Waals surface area contributed by atoms with E-state index in [9.17, 15) is 30.3 Å². The molecule has 10 atom stereocenters. The number of rotatable bonds is 2. The smallest absolute Gasteiger partial charge is 0.155 e. The summed E-state index contributed by atoms with van der Waals surface area (Å²) in [6.45, 7) is 3.43. The largest absolute Gasteiger partial charge is 0.394 e. The van der Waals surface area contributed by atoms with Crippen molar-refractivity contribution in [3.05, 3.63) is 12.2 Å². The van der Waals surface area contributed by atoms with E-state index in [2.05, 4.69) is 0 Å². The van der Waals surface area contributed by atoms with Gasteiger partial charge in [-0.05, 0) is 54.9 Å². The summed E-state index contributed by atoms with van der Waals surface area (Å²) < 4.78 is 0. The van der Waals surface area contributed by atoms with Gasteiger partial charge in [0.05, 0.1) is 24.4 Å². The standard InChI is InChI=1S/C21H32O6/c1-19-5-3-11(23)7-14(19)15(24)8-12-13-4-6-21(27,17(26)10-22)20(13,2)9-16(25)18(12)19/h3,5,12-18,22,24-27H,4,6-10H2,1-2H3/t12-,13-,14?,15+,16-,17+,18+,19-,20-,21-/m0/s1. The summed E-state index contributed by atoms with van der Waals surface area (Å²) in [5, 5.41) is 53.2. The molecule has 3 fully saturated rings. The third-order valence-electron chi connectivity index (χ3n) is 8.94. The summed E-state index contributed by atoms with van der Waals surface area (Å²) in [7, 11) is 0. The summed E-state index contributed by atoms with van der Waals surface area (Å²) in [5.74, 6) is -0.240. The van der Waals surface area contributed by atoms with Gasteiger partial charge in [-0.15, -0.1) is 0 Å². The molecule has 6 nitrogen and oxygen atoms in total. The summed E-state index contributed by atoms with van der Waals surface area (Å²) in [5.41, 5.74) is -2.64. The first kappa shape index (κ1) is 19.5. The fraction of sp³-hybridized carbons (Fsp3) is 0.857. The molecule has 4 aliphatic rings. The van der Waals surface area contributed by atoms with Crippen molar-refractivity contribution >= 4 is 5.78 Å². The van der Waals surface area contributed by atoms with Crippen molar-refractivity contribution in [2.75, 3.05) is 6.61 Å². The number of carbonyl (C=O) groups excluding carboxylic acids is 1. The van der Waals surface area contributed by atoms with Crippen LogP contribution in [0.5, 0.6) is 0 Å².